The Bertz CT molecular complexity index is 924. The van der Waals surface area contributed by atoms with Crippen LogP contribution in [0.4, 0.5) is 0 Å². The van der Waals surface area contributed by atoms with Crippen LogP contribution < -0.4 is 14.8 Å². The third kappa shape index (κ3) is 6.02. The van der Waals surface area contributed by atoms with Crippen LogP contribution in [-0.2, 0) is 17.0 Å². The fourth-order valence-corrected chi connectivity index (χ4v) is 4.71. The Kier molecular flexibility index (Phi) is 8.78. The number of thioether (sulfide) groups is 1. The first-order valence-electron chi connectivity index (χ1n) is 9.94. The van der Waals surface area contributed by atoms with E-state index >= 15 is 0 Å². The first-order chi connectivity index (χ1) is 14.3. The molecule has 0 aromatic heterocycles. The number of ether oxygens (including phenoxy) is 2. The van der Waals surface area contributed by atoms with Gasteiger partial charge in [-0.1, -0.05) is 12.1 Å². The first-order valence-corrected chi connectivity index (χ1v) is 11.1. The number of ketones is 1. The summed E-state index contributed by atoms with van der Waals surface area (Å²) in [4.78, 5) is 24.2. The minimum Gasteiger partial charge on any atom is -0.493 e. The van der Waals surface area contributed by atoms with Crippen LogP contribution in [0.5, 0.6) is 11.5 Å². The molecule has 2 aromatic carbocycles. The van der Waals surface area contributed by atoms with E-state index in [9.17, 15) is 9.59 Å². The molecule has 162 valence electrons. The molecule has 0 aliphatic heterocycles. The Labute approximate surface area is 183 Å². The molecule has 0 saturated heterocycles. The number of hydrogen-bond acceptors (Lipinski definition) is 5. The highest BCUT2D eigenvalue weighted by Gasteiger charge is 2.14. The zero-order valence-corrected chi connectivity index (χ0v) is 19.5. The van der Waals surface area contributed by atoms with Crippen molar-refractivity contribution in [3.05, 3.63) is 57.6 Å². The molecule has 5 nitrogen and oxygen atoms in total. The fourth-order valence-electron chi connectivity index (χ4n) is 3.67. The van der Waals surface area contributed by atoms with Crippen LogP contribution in [0.25, 0.3) is 0 Å². The van der Waals surface area contributed by atoms with Crippen molar-refractivity contribution < 1.29 is 19.1 Å². The lowest BCUT2D eigenvalue weighted by molar-refractivity contribution is -0.118. The minimum atomic E-state index is 0.00897. The Morgan fingerprint density at radius 3 is 2.33 bits per heavy atom. The molecule has 0 aliphatic rings. The molecule has 0 atom stereocenters. The molecule has 30 heavy (non-hydrogen) atoms. The minimum absolute atomic E-state index is 0.00897. The van der Waals surface area contributed by atoms with Crippen molar-refractivity contribution in [2.75, 3.05) is 26.5 Å². The number of Topliss-reactive ketones (excluding diaryl/α,β-unsaturated/α-hetero) is 1. The number of nitrogens with one attached hydrogen (secondary N) is 1. The highest BCUT2D eigenvalue weighted by atomic mass is 32.2. The van der Waals surface area contributed by atoms with Gasteiger partial charge in [-0.05, 0) is 74.1 Å². The van der Waals surface area contributed by atoms with Crippen molar-refractivity contribution >= 4 is 23.5 Å². The molecule has 1 amide bonds. The Balaban J connectivity index is 1.85. The van der Waals surface area contributed by atoms with E-state index in [-0.39, 0.29) is 11.7 Å². The quantitative estimate of drug-likeness (QED) is 0.566. The van der Waals surface area contributed by atoms with Crippen LogP contribution in [0.15, 0.2) is 24.3 Å². The van der Waals surface area contributed by atoms with Crippen molar-refractivity contribution in [1.82, 2.24) is 5.32 Å². The topological polar surface area (TPSA) is 64.6 Å². The second-order valence-corrected chi connectivity index (χ2v) is 8.31. The summed E-state index contributed by atoms with van der Waals surface area (Å²) in [5, 5.41) is 2.97. The molecule has 2 aromatic rings. The number of carbonyl (C=O) groups is 2. The number of rotatable bonds is 10. The van der Waals surface area contributed by atoms with Gasteiger partial charge in [-0.15, -0.1) is 11.8 Å². The standard InChI is InChI=1S/C24H31NO4S/c1-15-11-16(2)24(18(4)26)17(3)20(15)13-30-14-23(27)25-10-9-19-7-8-21(28-5)22(12-19)29-6/h7-8,11-12H,9-10,13-14H2,1-6H3,(H,25,27). The maximum atomic E-state index is 12.2. The number of aryl methyl sites for hydroxylation is 2. The maximum absolute atomic E-state index is 12.2. The molecule has 6 heteroatoms. The molecule has 1 N–H and O–H groups in total. The van der Waals surface area contributed by atoms with E-state index in [4.69, 9.17) is 9.47 Å². The largest absolute Gasteiger partial charge is 0.493 e. The average Bonchev–Trinajstić information content (AvgIpc) is 2.69. The van der Waals surface area contributed by atoms with Gasteiger partial charge < -0.3 is 14.8 Å². The van der Waals surface area contributed by atoms with Crippen LogP contribution in [0.3, 0.4) is 0 Å². The monoisotopic (exact) mass is 429 g/mol. The molecular formula is C24H31NO4S. The van der Waals surface area contributed by atoms with Crippen LogP contribution in [0.2, 0.25) is 0 Å². The van der Waals surface area contributed by atoms with Gasteiger partial charge in [0, 0.05) is 17.9 Å². The van der Waals surface area contributed by atoms with Crippen molar-refractivity contribution in [2.24, 2.45) is 0 Å². The second-order valence-electron chi connectivity index (χ2n) is 7.33. The maximum Gasteiger partial charge on any atom is 0.230 e. The number of carbonyl (C=O) groups excluding carboxylic acids is 2. The zero-order valence-electron chi connectivity index (χ0n) is 18.7. The summed E-state index contributed by atoms with van der Waals surface area (Å²) in [5.74, 6) is 2.57. The van der Waals surface area contributed by atoms with Gasteiger partial charge in [0.25, 0.3) is 0 Å². The van der Waals surface area contributed by atoms with Gasteiger partial charge in [-0.2, -0.15) is 0 Å². The molecular weight excluding hydrogens is 398 g/mol. The van der Waals surface area contributed by atoms with Crippen molar-refractivity contribution in [2.45, 2.75) is 39.9 Å². The van der Waals surface area contributed by atoms with Crippen LogP contribution in [0, 0.1) is 20.8 Å². The predicted octanol–water partition coefficient (Wildman–Crippen LogP) is 4.42. The van der Waals surface area contributed by atoms with Gasteiger partial charge in [0.15, 0.2) is 17.3 Å². The molecule has 0 radical (unpaired) electrons. The van der Waals surface area contributed by atoms with Gasteiger partial charge >= 0.3 is 0 Å². The molecule has 0 fully saturated rings. The van der Waals surface area contributed by atoms with Gasteiger partial charge in [-0.3, -0.25) is 9.59 Å². The molecule has 0 heterocycles. The van der Waals surface area contributed by atoms with Gasteiger partial charge in [0.1, 0.15) is 0 Å². The van der Waals surface area contributed by atoms with Crippen molar-refractivity contribution in [3.63, 3.8) is 0 Å². The fraction of sp³-hybridized carbons (Fsp3) is 0.417. The molecule has 0 spiro atoms. The number of benzene rings is 2. The highest BCUT2D eigenvalue weighted by Crippen LogP contribution is 2.28. The average molecular weight is 430 g/mol. The van der Waals surface area contributed by atoms with Crippen molar-refractivity contribution in [1.29, 1.82) is 0 Å². The molecule has 0 aliphatic carbocycles. The van der Waals surface area contributed by atoms with E-state index < -0.39 is 0 Å². The summed E-state index contributed by atoms with van der Waals surface area (Å²) >= 11 is 1.57. The molecule has 0 bridgehead atoms. The lowest BCUT2D eigenvalue weighted by Crippen LogP contribution is -2.27. The van der Waals surface area contributed by atoms with Crippen LogP contribution in [0.1, 0.15) is 45.1 Å². The summed E-state index contributed by atoms with van der Waals surface area (Å²) in [6.45, 7) is 8.19. The SMILES string of the molecule is COc1ccc(CCNC(=O)CSCc2c(C)cc(C)c(C(C)=O)c2C)cc1OC. The van der Waals surface area contributed by atoms with Gasteiger partial charge in [-0.25, -0.2) is 0 Å². The first kappa shape index (κ1) is 23.8. The third-order valence-corrected chi connectivity index (χ3v) is 6.11. The summed E-state index contributed by atoms with van der Waals surface area (Å²) in [6, 6.07) is 7.82. The zero-order chi connectivity index (χ0) is 22.3. The molecule has 0 saturated carbocycles. The van der Waals surface area contributed by atoms with Crippen LogP contribution >= 0.6 is 11.8 Å². The Morgan fingerprint density at radius 1 is 1.00 bits per heavy atom. The van der Waals surface area contributed by atoms with E-state index in [0.717, 1.165) is 39.8 Å². The highest BCUT2D eigenvalue weighted by molar-refractivity contribution is 7.99. The van der Waals surface area contributed by atoms with Crippen molar-refractivity contribution in [3.8, 4) is 11.5 Å². The Hall–Kier alpha value is -2.47. The lowest BCUT2D eigenvalue weighted by Gasteiger charge is -2.15. The van der Waals surface area contributed by atoms with Gasteiger partial charge in [0.05, 0.1) is 20.0 Å². The third-order valence-electron chi connectivity index (χ3n) is 5.15. The normalized spacial score (nSPS) is 10.6. The Morgan fingerprint density at radius 2 is 1.70 bits per heavy atom. The molecule has 0 unspecified atom stereocenters. The number of methoxy groups -OCH3 is 2. The van der Waals surface area contributed by atoms with Gasteiger partial charge in [0.2, 0.25) is 5.91 Å². The second kappa shape index (κ2) is 11.1. The summed E-state index contributed by atoms with van der Waals surface area (Å²) in [6.07, 6.45) is 0.717. The van der Waals surface area contributed by atoms with E-state index in [1.54, 1.807) is 32.9 Å². The van der Waals surface area contributed by atoms with E-state index in [0.29, 0.717) is 29.5 Å². The molecule has 2 rings (SSSR count). The number of amides is 1. The summed E-state index contributed by atoms with van der Waals surface area (Å²) in [7, 11) is 3.22. The lowest BCUT2D eigenvalue weighted by atomic mass is 9.92. The predicted molar refractivity (Wildman–Crippen MR) is 123 cm³/mol. The van der Waals surface area contributed by atoms with E-state index in [1.807, 2.05) is 32.0 Å². The summed E-state index contributed by atoms with van der Waals surface area (Å²) < 4.78 is 10.6. The van der Waals surface area contributed by atoms with E-state index in [1.165, 1.54) is 0 Å². The van der Waals surface area contributed by atoms with Crippen LogP contribution in [-0.4, -0.2) is 38.2 Å². The summed E-state index contributed by atoms with van der Waals surface area (Å²) in [5.41, 5.74) is 6.23. The smallest absolute Gasteiger partial charge is 0.230 e. The van der Waals surface area contributed by atoms with E-state index in [2.05, 4.69) is 18.3 Å². The number of hydrogen-bond donors (Lipinski definition) is 1.